The van der Waals surface area contributed by atoms with Crippen LogP contribution < -0.4 is 5.73 Å². The lowest BCUT2D eigenvalue weighted by Gasteiger charge is -2.24. The third-order valence-corrected chi connectivity index (χ3v) is 2.72. The maximum absolute atomic E-state index is 11.0. The molecule has 4 heteroatoms. The number of carbonyl (C=O) groups excluding carboxylic acids is 1. The van der Waals surface area contributed by atoms with Gasteiger partial charge in [0.25, 0.3) is 5.91 Å². The fourth-order valence-corrected chi connectivity index (χ4v) is 1.20. The number of primary amides is 1. The Morgan fingerprint density at radius 1 is 1.47 bits per heavy atom. The van der Waals surface area contributed by atoms with Crippen LogP contribution in [0.15, 0.2) is 4.42 Å². The first kappa shape index (κ1) is 11.8. The molecular formula is C11H18N2O2. The minimum Gasteiger partial charge on any atom is -0.445 e. The summed E-state index contributed by atoms with van der Waals surface area (Å²) in [5, 5.41) is 0. The molecule has 0 bridgehead atoms. The SMILES string of the molecule is Cc1oc(C(C)C(C)(C)C)nc1C(N)=O. The molecule has 84 valence electrons. The van der Waals surface area contributed by atoms with E-state index in [0.717, 1.165) is 0 Å². The summed E-state index contributed by atoms with van der Waals surface area (Å²) in [5.74, 6) is 0.676. The van der Waals surface area contributed by atoms with E-state index in [1.54, 1.807) is 6.92 Å². The molecule has 0 saturated heterocycles. The van der Waals surface area contributed by atoms with Crippen molar-refractivity contribution in [1.29, 1.82) is 0 Å². The van der Waals surface area contributed by atoms with Crippen molar-refractivity contribution in [3.05, 3.63) is 17.3 Å². The number of hydrogen-bond acceptors (Lipinski definition) is 3. The van der Waals surface area contributed by atoms with Gasteiger partial charge in [0.1, 0.15) is 5.76 Å². The van der Waals surface area contributed by atoms with Crippen LogP contribution in [0.25, 0.3) is 0 Å². The number of nitrogens with zero attached hydrogens (tertiary/aromatic N) is 1. The van der Waals surface area contributed by atoms with E-state index in [9.17, 15) is 4.79 Å². The van der Waals surface area contributed by atoms with Crippen molar-refractivity contribution in [2.45, 2.75) is 40.5 Å². The van der Waals surface area contributed by atoms with Crippen LogP contribution in [-0.4, -0.2) is 10.9 Å². The van der Waals surface area contributed by atoms with E-state index in [-0.39, 0.29) is 17.0 Å². The predicted octanol–water partition coefficient (Wildman–Crippen LogP) is 2.23. The second kappa shape index (κ2) is 3.68. The van der Waals surface area contributed by atoms with Crippen LogP contribution in [0.3, 0.4) is 0 Å². The summed E-state index contributed by atoms with van der Waals surface area (Å²) in [5.41, 5.74) is 5.46. The smallest absolute Gasteiger partial charge is 0.270 e. The van der Waals surface area contributed by atoms with Gasteiger partial charge in [0.15, 0.2) is 11.6 Å². The number of hydrogen-bond donors (Lipinski definition) is 1. The lowest BCUT2D eigenvalue weighted by molar-refractivity contribution is 0.0994. The first-order valence-corrected chi connectivity index (χ1v) is 5.00. The molecule has 0 saturated carbocycles. The van der Waals surface area contributed by atoms with E-state index in [1.807, 2.05) is 6.92 Å². The summed E-state index contributed by atoms with van der Waals surface area (Å²) in [6, 6.07) is 0. The fraction of sp³-hybridized carbons (Fsp3) is 0.636. The molecule has 1 amide bonds. The van der Waals surface area contributed by atoms with E-state index in [2.05, 4.69) is 25.8 Å². The Kier molecular flexibility index (Phi) is 2.88. The summed E-state index contributed by atoms with van der Waals surface area (Å²) in [6.07, 6.45) is 0. The van der Waals surface area contributed by atoms with Gasteiger partial charge in [0, 0.05) is 5.92 Å². The maximum atomic E-state index is 11.0. The molecule has 2 N–H and O–H groups in total. The van der Waals surface area contributed by atoms with Crippen LogP contribution in [-0.2, 0) is 0 Å². The van der Waals surface area contributed by atoms with Gasteiger partial charge in [-0.3, -0.25) is 4.79 Å². The molecule has 15 heavy (non-hydrogen) atoms. The Hall–Kier alpha value is -1.32. The monoisotopic (exact) mass is 210 g/mol. The number of amides is 1. The van der Waals surface area contributed by atoms with Gasteiger partial charge in [0.2, 0.25) is 0 Å². The molecule has 0 radical (unpaired) electrons. The molecule has 0 aliphatic carbocycles. The number of carbonyl (C=O) groups is 1. The van der Waals surface area contributed by atoms with Crippen molar-refractivity contribution in [3.8, 4) is 0 Å². The van der Waals surface area contributed by atoms with E-state index < -0.39 is 5.91 Å². The van der Waals surface area contributed by atoms with Crippen LogP contribution in [0.5, 0.6) is 0 Å². The molecule has 0 aliphatic rings. The zero-order valence-electron chi connectivity index (χ0n) is 9.92. The average molecular weight is 210 g/mol. The molecule has 0 fully saturated rings. The Balaban J connectivity index is 3.08. The Morgan fingerprint density at radius 2 is 2.00 bits per heavy atom. The van der Waals surface area contributed by atoms with Crippen LogP contribution in [0.2, 0.25) is 0 Å². The molecule has 1 unspecified atom stereocenters. The number of rotatable bonds is 2. The molecule has 0 aromatic carbocycles. The first-order chi connectivity index (χ1) is 6.73. The summed E-state index contributed by atoms with van der Waals surface area (Å²) in [6.45, 7) is 10.0. The highest BCUT2D eigenvalue weighted by Gasteiger charge is 2.27. The third-order valence-electron chi connectivity index (χ3n) is 2.72. The topological polar surface area (TPSA) is 69.1 Å². The van der Waals surface area contributed by atoms with E-state index >= 15 is 0 Å². The Morgan fingerprint density at radius 3 is 2.33 bits per heavy atom. The van der Waals surface area contributed by atoms with E-state index in [1.165, 1.54) is 0 Å². The number of nitrogens with two attached hydrogens (primary N) is 1. The maximum Gasteiger partial charge on any atom is 0.270 e. The highest BCUT2D eigenvalue weighted by molar-refractivity contribution is 5.91. The van der Waals surface area contributed by atoms with Gasteiger partial charge >= 0.3 is 0 Å². The fourth-order valence-electron chi connectivity index (χ4n) is 1.20. The van der Waals surface area contributed by atoms with Crippen molar-refractivity contribution in [3.63, 3.8) is 0 Å². The van der Waals surface area contributed by atoms with Crippen molar-refractivity contribution in [1.82, 2.24) is 4.98 Å². The van der Waals surface area contributed by atoms with Gasteiger partial charge in [-0.2, -0.15) is 0 Å². The van der Waals surface area contributed by atoms with Crippen molar-refractivity contribution in [2.75, 3.05) is 0 Å². The van der Waals surface area contributed by atoms with E-state index in [4.69, 9.17) is 10.2 Å². The summed E-state index contributed by atoms with van der Waals surface area (Å²) in [4.78, 5) is 15.1. The lowest BCUT2D eigenvalue weighted by atomic mass is 9.82. The van der Waals surface area contributed by atoms with Gasteiger partial charge in [-0.25, -0.2) is 4.98 Å². The number of aryl methyl sites for hydroxylation is 1. The van der Waals surface area contributed by atoms with Crippen molar-refractivity contribution < 1.29 is 9.21 Å². The van der Waals surface area contributed by atoms with Crippen molar-refractivity contribution in [2.24, 2.45) is 11.1 Å². The second-order valence-electron chi connectivity index (χ2n) is 4.91. The predicted molar refractivity (Wildman–Crippen MR) is 57.6 cm³/mol. The molecule has 1 heterocycles. The molecule has 0 aliphatic heterocycles. The first-order valence-electron chi connectivity index (χ1n) is 5.00. The summed E-state index contributed by atoms with van der Waals surface area (Å²) < 4.78 is 5.45. The highest BCUT2D eigenvalue weighted by atomic mass is 16.4. The summed E-state index contributed by atoms with van der Waals surface area (Å²) >= 11 is 0. The molecule has 0 spiro atoms. The zero-order valence-corrected chi connectivity index (χ0v) is 9.92. The molecule has 1 atom stereocenters. The highest BCUT2D eigenvalue weighted by Crippen LogP contribution is 2.34. The standard InChI is InChI=1S/C11H18N2O2/c1-6(11(3,4)5)10-13-8(9(12)14)7(2)15-10/h6H,1-5H3,(H2,12,14). The van der Waals surface area contributed by atoms with Gasteiger partial charge in [-0.1, -0.05) is 27.7 Å². The van der Waals surface area contributed by atoms with Crippen LogP contribution in [0.1, 0.15) is 55.8 Å². The van der Waals surface area contributed by atoms with Gasteiger partial charge < -0.3 is 10.2 Å². The molecule has 1 aromatic heterocycles. The van der Waals surface area contributed by atoms with Gasteiger partial charge in [0.05, 0.1) is 0 Å². The Labute approximate surface area is 89.9 Å². The minimum absolute atomic E-state index is 0.0478. The molecular weight excluding hydrogens is 192 g/mol. The van der Waals surface area contributed by atoms with Crippen LogP contribution in [0.4, 0.5) is 0 Å². The number of oxazole rings is 1. The largest absolute Gasteiger partial charge is 0.445 e. The second-order valence-corrected chi connectivity index (χ2v) is 4.91. The lowest BCUT2D eigenvalue weighted by Crippen LogP contribution is -2.17. The van der Waals surface area contributed by atoms with Gasteiger partial charge in [-0.05, 0) is 12.3 Å². The quantitative estimate of drug-likeness (QED) is 0.813. The van der Waals surface area contributed by atoms with Crippen LogP contribution in [0, 0.1) is 12.3 Å². The normalized spacial score (nSPS) is 13.9. The molecule has 1 aromatic rings. The minimum atomic E-state index is -0.538. The molecule has 1 rings (SSSR count). The van der Waals surface area contributed by atoms with Crippen LogP contribution >= 0.6 is 0 Å². The van der Waals surface area contributed by atoms with Crippen molar-refractivity contribution >= 4 is 5.91 Å². The average Bonchev–Trinajstić information content (AvgIpc) is 2.44. The van der Waals surface area contributed by atoms with Gasteiger partial charge in [-0.15, -0.1) is 0 Å². The van der Waals surface area contributed by atoms with E-state index in [0.29, 0.717) is 11.7 Å². The third kappa shape index (κ3) is 2.37. The zero-order chi connectivity index (χ0) is 11.8. The Bertz CT molecular complexity index is 374. The molecule has 4 nitrogen and oxygen atoms in total. The summed E-state index contributed by atoms with van der Waals surface area (Å²) in [7, 11) is 0. The number of aromatic nitrogens is 1.